The molecule has 0 N–H and O–H groups in total. The quantitative estimate of drug-likeness (QED) is 0.719. The van der Waals surface area contributed by atoms with Crippen LogP contribution in [-0.4, -0.2) is 18.5 Å². The van der Waals surface area contributed by atoms with Gasteiger partial charge >= 0.3 is 0 Å². The highest BCUT2D eigenvalue weighted by Crippen LogP contribution is 2.46. The van der Waals surface area contributed by atoms with Gasteiger partial charge in [0.05, 0.1) is 10.0 Å². The average Bonchev–Trinajstić information content (AvgIpc) is 2.89. The van der Waals surface area contributed by atoms with Gasteiger partial charge in [0, 0.05) is 12.0 Å². The van der Waals surface area contributed by atoms with E-state index in [9.17, 15) is 0 Å². The molecule has 3 rings (SSSR count). The maximum absolute atomic E-state index is 6.20. The predicted molar refractivity (Wildman–Crippen MR) is 90.4 cm³/mol. The molecule has 0 aromatic heterocycles. The largest absolute Gasteiger partial charge is 0.300 e. The third-order valence-corrected chi connectivity index (χ3v) is 5.31. The van der Waals surface area contributed by atoms with E-state index < -0.39 is 0 Å². The SMILES string of the molecule is CCN(C)[C@@H]1C[C@H](c2ccc(Cl)c(Cl)c2)c2ccccc21. The molecule has 2 aromatic rings. The van der Waals surface area contributed by atoms with Crippen molar-refractivity contribution in [3.8, 4) is 0 Å². The van der Waals surface area contributed by atoms with Crippen molar-refractivity contribution in [2.45, 2.75) is 25.3 Å². The van der Waals surface area contributed by atoms with Gasteiger partial charge in [-0.15, -0.1) is 0 Å². The van der Waals surface area contributed by atoms with Crippen LogP contribution in [0.4, 0.5) is 0 Å². The van der Waals surface area contributed by atoms with Crippen LogP contribution in [0, 0.1) is 0 Å². The van der Waals surface area contributed by atoms with Crippen LogP contribution in [-0.2, 0) is 0 Å². The van der Waals surface area contributed by atoms with Gasteiger partial charge in [0.25, 0.3) is 0 Å². The maximum Gasteiger partial charge on any atom is 0.0595 e. The van der Waals surface area contributed by atoms with Crippen molar-refractivity contribution < 1.29 is 0 Å². The van der Waals surface area contributed by atoms with Crippen molar-refractivity contribution in [1.82, 2.24) is 4.90 Å². The molecule has 0 radical (unpaired) electrons. The summed E-state index contributed by atoms with van der Waals surface area (Å²) in [6.45, 7) is 3.25. The van der Waals surface area contributed by atoms with Crippen LogP contribution >= 0.6 is 23.2 Å². The summed E-state index contributed by atoms with van der Waals surface area (Å²) in [5, 5.41) is 1.26. The van der Waals surface area contributed by atoms with E-state index >= 15 is 0 Å². The third kappa shape index (κ3) is 2.70. The second-order valence-electron chi connectivity index (χ2n) is 5.68. The van der Waals surface area contributed by atoms with E-state index in [1.807, 2.05) is 12.1 Å². The predicted octanol–water partition coefficient (Wildman–Crippen LogP) is 5.52. The lowest BCUT2D eigenvalue weighted by molar-refractivity contribution is 0.253. The molecule has 2 aromatic carbocycles. The molecular formula is C18H19Cl2N. The van der Waals surface area contributed by atoms with Crippen molar-refractivity contribution in [3.05, 3.63) is 69.2 Å². The lowest BCUT2D eigenvalue weighted by Crippen LogP contribution is -2.22. The summed E-state index contributed by atoms with van der Waals surface area (Å²) in [5.74, 6) is 0.398. The zero-order valence-electron chi connectivity index (χ0n) is 12.3. The second kappa shape index (κ2) is 6.00. The molecule has 0 unspecified atom stereocenters. The van der Waals surface area contributed by atoms with Crippen molar-refractivity contribution in [3.63, 3.8) is 0 Å². The van der Waals surface area contributed by atoms with Gasteiger partial charge in [0.1, 0.15) is 0 Å². The fourth-order valence-corrected chi connectivity index (χ4v) is 3.60. The van der Waals surface area contributed by atoms with Gasteiger partial charge in [-0.25, -0.2) is 0 Å². The van der Waals surface area contributed by atoms with E-state index in [4.69, 9.17) is 23.2 Å². The molecule has 0 fully saturated rings. The Morgan fingerprint density at radius 3 is 2.43 bits per heavy atom. The number of hydrogen-bond donors (Lipinski definition) is 0. The van der Waals surface area contributed by atoms with E-state index in [1.165, 1.54) is 16.7 Å². The van der Waals surface area contributed by atoms with Gasteiger partial charge in [-0.2, -0.15) is 0 Å². The molecule has 1 aliphatic rings. The highest BCUT2D eigenvalue weighted by atomic mass is 35.5. The monoisotopic (exact) mass is 319 g/mol. The highest BCUT2D eigenvalue weighted by molar-refractivity contribution is 6.42. The van der Waals surface area contributed by atoms with Gasteiger partial charge < -0.3 is 0 Å². The third-order valence-electron chi connectivity index (χ3n) is 4.57. The van der Waals surface area contributed by atoms with Crippen LogP contribution in [0.2, 0.25) is 10.0 Å². The van der Waals surface area contributed by atoms with Crippen LogP contribution in [0.3, 0.4) is 0 Å². The molecule has 21 heavy (non-hydrogen) atoms. The minimum absolute atomic E-state index is 0.398. The summed E-state index contributed by atoms with van der Waals surface area (Å²) in [5.41, 5.74) is 4.11. The molecule has 0 spiro atoms. The van der Waals surface area contributed by atoms with E-state index in [1.54, 1.807) is 0 Å². The maximum atomic E-state index is 6.20. The Labute approximate surface area is 136 Å². The lowest BCUT2D eigenvalue weighted by atomic mass is 9.93. The molecular weight excluding hydrogens is 301 g/mol. The highest BCUT2D eigenvalue weighted by Gasteiger charge is 2.33. The normalized spacial score (nSPS) is 20.8. The first-order chi connectivity index (χ1) is 10.1. The molecule has 0 aliphatic heterocycles. The first-order valence-electron chi connectivity index (χ1n) is 7.35. The molecule has 2 atom stereocenters. The standard InChI is InChI=1S/C18H19Cl2N/c1-3-21(2)18-11-15(13-6-4-5-7-14(13)18)12-8-9-16(19)17(20)10-12/h4-10,15,18H,3,11H2,1-2H3/t15-,18-/m1/s1. The van der Waals surface area contributed by atoms with E-state index in [0.29, 0.717) is 22.0 Å². The summed E-state index contributed by atoms with van der Waals surface area (Å²) >= 11 is 12.3. The zero-order valence-corrected chi connectivity index (χ0v) is 13.8. The molecule has 0 saturated heterocycles. The Morgan fingerprint density at radius 1 is 1.05 bits per heavy atom. The van der Waals surface area contributed by atoms with Crippen LogP contribution in [0.25, 0.3) is 0 Å². The Hall–Kier alpha value is -1.02. The molecule has 0 heterocycles. The summed E-state index contributed by atoms with van der Waals surface area (Å²) in [7, 11) is 2.19. The van der Waals surface area contributed by atoms with Crippen LogP contribution in [0.1, 0.15) is 42.0 Å². The van der Waals surface area contributed by atoms with Crippen molar-refractivity contribution >= 4 is 23.2 Å². The van der Waals surface area contributed by atoms with E-state index in [-0.39, 0.29) is 0 Å². The minimum Gasteiger partial charge on any atom is -0.300 e. The smallest absolute Gasteiger partial charge is 0.0595 e. The Bertz CT molecular complexity index is 653. The van der Waals surface area contributed by atoms with E-state index in [0.717, 1.165) is 13.0 Å². The Kier molecular flexibility index (Phi) is 4.26. The number of benzene rings is 2. The lowest BCUT2D eigenvalue weighted by Gasteiger charge is -2.23. The number of halogens is 2. The van der Waals surface area contributed by atoms with Gasteiger partial charge in [-0.3, -0.25) is 4.90 Å². The van der Waals surface area contributed by atoms with Crippen molar-refractivity contribution in [2.24, 2.45) is 0 Å². The summed E-state index contributed by atoms with van der Waals surface area (Å²) in [4.78, 5) is 2.41. The fraction of sp³-hybridized carbons (Fsp3) is 0.333. The topological polar surface area (TPSA) is 3.24 Å². The summed E-state index contributed by atoms with van der Waals surface area (Å²) in [6.07, 6.45) is 1.10. The average molecular weight is 320 g/mol. The Morgan fingerprint density at radius 2 is 1.76 bits per heavy atom. The molecule has 0 bridgehead atoms. The molecule has 0 saturated carbocycles. The van der Waals surface area contributed by atoms with Gasteiger partial charge in [0.2, 0.25) is 0 Å². The second-order valence-corrected chi connectivity index (χ2v) is 6.49. The molecule has 1 nitrogen and oxygen atoms in total. The zero-order chi connectivity index (χ0) is 15.0. The van der Waals surface area contributed by atoms with Crippen molar-refractivity contribution in [1.29, 1.82) is 0 Å². The Balaban J connectivity index is 2.03. The van der Waals surface area contributed by atoms with Gasteiger partial charge in [-0.1, -0.05) is 60.5 Å². The molecule has 3 heteroatoms. The van der Waals surface area contributed by atoms with Crippen molar-refractivity contribution in [2.75, 3.05) is 13.6 Å². The van der Waals surface area contributed by atoms with E-state index in [2.05, 4.69) is 49.2 Å². The summed E-state index contributed by atoms with van der Waals surface area (Å²) in [6, 6.07) is 15.2. The number of hydrogen-bond acceptors (Lipinski definition) is 1. The van der Waals surface area contributed by atoms with Gasteiger partial charge in [-0.05, 0) is 48.8 Å². The number of fused-ring (bicyclic) bond motifs is 1. The fourth-order valence-electron chi connectivity index (χ4n) is 3.29. The van der Waals surface area contributed by atoms with Crippen LogP contribution in [0.15, 0.2) is 42.5 Å². The molecule has 1 aliphatic carbocycles. The minimum atomic E-state index is 0.398. The van der Waals surface area contributed by atoms with Crippen LogP contribution < -0.4 is 0 Å². The molecule has 0 amide bonds. The first kappa shape index (κ1) is 14.9. The van der Waals surface area contributed by atoms with Crippen LogP contribution in [0.5, 0.6) is 0 Å². The first-order valence-corrected chi connectivity index (χ1v) is 8.11. The van der Waals surface area contributed by atoms with Gasteiger partial charge in [0.15, 0.2) is 0 Å². The number of rotatable bonds is 3. The number of nitrogens with zero attached hydrogens (tertiary/aromatic N) is 1. The summed E-state index contributed by atoms with van der Waals surface area (Å²) < 4.78 is 0. The molecule has 110 valence electrons.